The molecule has 0 fully saturated rings. The van der Waals surface area contributed by atoms with Crippen LogP contribution in [0.25, 0.3) is 100.0 Å². The number of hydrogen-bond donors (Lipinski definition) is 0. The van der Waals surface area contributed by atoms with E-state index in [-0.39, 0.29) is 0 Å². The van der Waals surface area contributed by atoms with E-state index in [1.807, 2.05) is 42.5 Å². The van der Waals surface area contributed by atoms with E-state index in [1.165, 1.54) is 10.8 Å². The quantitative estimate of drug-likeness (QED) is 0.190. The van der Waals surface area contributed by atoms with E-state index in [9.17, 15) is 0 Å². The third kappa shape index (κ3) is 4.14. The zero-order valence-electron chi connectivity index (χ0n) is 27.2. The lowest BCUT2D eigenvalue weighted by molar-refractivity contribution is 0.669. The number of fused-ring (bicyclic) bond motifs is 10. The summed E-state index contributed by atoms with van der Waals surface area (Å²) in [7, 11) is 0. The first kappa shape index (κ1) is 27.9. The van der Waals surface area contributed by atoms with E-state index < -0.39 is 0 Å². The molecule has 11 aromatic rings. The maximum Gasteiger partial charge on any atom is 0.238 e. The topological polar surface area (TPSA) is 61.7 Å². The third-order valence-electron chi connectivity index (χ3n) is 9.98. The fourth-order valence-electron chi connectivity index (χ4n) is 7.76. The van der Waals surface area contributed by atoms with E-state index in [2.05, 4.69) is 130 Å². The molecule has 4 aromatic heterocycles. The molecule has 0 aliphatic heterocycles. The summed E-state index contributed by atoms with van der Waals surface area (Å²) >= 11 is 0. The summed E-state index contributed by atoms with van der Waals surface area (Å²) in [5, 5.41) is 6.79. The molecule has 0 N–H and O–H groups in total. The second kappa shape index (κ2) is 10.7. The minimum absolute atomic E-state index is 0.556. The Hall–Kier alpha value is -7.05. The van der Waals surface area contributed by atoms with Crippen LogP contribution in [0.4, 0.5) is 0 Å². The SMILES string of the molecule is c1ccc(-c2nc(-c3ccc4c5ccccc5n(-c5ccccc5)c4c3)nc(-n3c4ccccc4c4c5c(ccc43)oc3ccccc35)n2)cc1. The first-order chi connectivity index (χ1) is 25.3. The van der Waals surface area contributed by atoms with Crippen LogP contribution in [0, 0.1) is 0 Å². The highest BCUT2D eigenvalue weighted by Crippen LogP contribution is 2.41. The lowest BCUT2D eigenvalue weighted by atomic mass is 10.1. The van der Waals surface area contributed by atoms with Crippen LogP contribution in [0.5, 0.6) is 0 Å². The van der Waals surface area contributed by atoms with Crippen LogP contribution in [0.1, 0.15) is 0 Å². The molecule has 7 aromatic carbocycles. The average molecular weight is 654 g/mol. The summed E-state index contributed by atoms with van der Waals surface area (Å²) in [5.74, 6) is 1.77. The van der Waals surface area contributed by atoms with Crippen LogP contribution in [-0.2, 0) is 0 Å². The first-order valence-electron chi connectivity index (χ1n) is 17.0. The van der Waals surface area contributed by atoms with Crippen molar-refractivity contribution < 1.29 is 4.42 Å². The Morgan fingerprint density at radius 3 is 1.80 bits per heavy atom. The number of nitrogens with zero attached hydrogens (tertiary/aromatic N) is 5. The average Bonchev–Trinajstić information content (AvgIpc) is 3.85. The molecule has 0 atom stereocenters. The molecule has 0 aliphatic carbocycles. The Labute approximate surface area is 291 Å². The Morgan fingerprint density at radius 2 is 1.00 bits per heavy atom. The summed E-state index contributed by atoms with van der Waals surface area (Å²) in [4.78, 5) is 15.6. The van der Waals surface area contributed by atoms with Gasteiger partial charge < -0.3 is 8.98 Å². The number of furan rings is 1. The van der Waals surface area contributed by atoms with Crippen LogP contribution < -0.4 is 0 Å². The normalized spacial score (nSPS) is 11.9. The molecule has 0 radical (unpaired) electrons. The summed E-state index contributed by atoms with van der Waals surface area (Å²) in [6.45, 7) is 0. The van der Waals surface area contributed by atoms with Gasteiger partial charge in [-0.3, -0.25) is 4.57 Å². The molecule has 238 valence electrons. The van der Waals surface area contributed by atoms with Gasteiger partial charge in [0, 0.05) is 49.1 Å². The molecular formula is C45H27N5O. The standard InChI is InChI=1S/C45H27N5O/c1-3-13-28(14-4-1)43-46-44(29-23-24-32-31-17-7-10-20-35(31)49(38(32)27-29)30-15-5-2-6-16-30)48-45(47-43)50-36-21-11-8-18-33(36)41-37(50)25-26-40-42(41)34-19-9-12-22-39(34)51-40/h1-27H. The minimum atomic E-state index is 0.556. The van der Waals surface area contributed by atoms with Gasteiger partial charge in [0.05, 0.1) is 22.1 Å². The molecule has 6 nitrogen and oxygen atoms in total. The van der Waals surface area contributed by atoms with Crippen LogP contribution in [0.15, 0.2) is 168 Å². The molecule has 0 unspecified atom stereocenters. The van der Waals surface area contributed by atoms with Crippen LogP contribution in [-0.4, -0.2) is 24.1 Å². The lowest BCUT2D eigenvalue weighted by Gasteiger charge is -2.12. The number of para-hydroxylation sites is 4. The fraction of sp³-hybridized carbons (Fsp3) is 0. The molecule has 0 bridgehead atoms. The van der Waals surface area contributed by atoms with Crippen molar-refractivity contribution in [3.05, 3.63) is 164 Å². The molecule has 0 amide bonds. The van der Waals surface area contributed by atoms with E-state index in [1.54, 1.807) is 0 Å². The lowest BCUT2D eigenvalue weighted by Crippen LogP contribution is -2.06. The number of hydrogen-bond acceptors (Lipinski definition) is 4. The Balaban J connectivity index is 1.21. The van der Waals surface area contributed by atoms with Gasteiger partial charge in [-0.15, -0.1) is 0 Å². The highest BCUT2D eigenvalue weighted by Gasteiger charge is 2.22. The summed E-state index contributed by atoms with van der Waals surface area (Å²) in [6.07, 6.45) is 0. The van der Waals surface area contributed by atoms with Crippen molar-refractivity contribution in [2.75, 3.05) is 0 Å². The van der Waals surface area contributed by atoms with Gasteiger partial charge in [0.15, 0.2) is 11.6 Å². The Bertz CT molecular complexity index is 3140. The highest BCUT2D eigenvalue weighted by molar-refractivity contribution is 6.27. The predicted octanol–water partition coefficient (Wildman–Crippen LogP) is 11.3. The summed E-state index contributed by atoms with van der Waals surface area (Å²) in [6, 6.07) is 56.6. The van der Waals surface area contributed by atoms with Crippen molar-refractivity contribution in [1.82, 2.24) is 24.1 Å². The smallest absolute Gasteiger partial charge is 0.238 e. The molecule has 11 rings (SSSR count). The van der Waals surface area contributed by atoms with E-state index in [0.717, 1.165) is 71.6 Å². The van der Waals surface area contributed by atoms with Crippen molar-refractivity contribution in [1.29, 1.82) is 0 Å². The molecule has 0 spiro atoms. The molecule has 6 heteroatoms. The second-order valence-electron chi connectivity index (χ2n) is 12.9. The van der Waals surface area contributed by atoms with Gasteiger partial charge in [0.2, 0.25) is 5.95 Å². The molecule has 4 heterocycles. The molecule has 0 saturated carbocycles. The van der Waals surface area contributed by atoms with Gasteiger partial charge in [-0.1, -0.05) is 115 Å². The van der Waals surface area contributed by atoms with Gasteiger partial charge >= 0.3 is 0 Å². The highest BCUT2D eigenvalue weighted by atomic mass is 16.3. The van der Waals surface area contributed by atoms with Gasteiger partial charge in [-0.05, 0) is 48.5 Å². The number of aromatic nitrogens is 5. The molecule has 51 heavy (non-hydrogen) atoms. The van der Waals surface area contributed by atoms with Crippen LogP contribution in [0.2, 0.25) is 0 Å². The largest absolute Gasteiger partial charge is 0.456 e. The summed E-state index contributed by atoms with van der Waals surface area (Å²) < 4.78 is 10.8. The monoisotopic (exact) mass is 653 g/mol. The van der Waals surface area contributed by atoms with Gasteiger partial charge in [0.25, 0.3) is 0 Å². The van der Waals surface area contributed by atoms with Crippen LogP contribution >= 0.6 is 0 Å². The Kier molecular flexibility index (Phi) is 5.86. The molecule has 0 saturated heterocycles. The minimum Gasteiger partial charge on any atom is -0.456 e. The van der Waals surface area contributed by atoms with E-state index >= 15 is 0 Å². The van der Waals surface area contributed by atoms with Gasteiger partial charge in [-0.2, -0.15) is 9.97 Å². The predicted molar refractivity (Wildman–Crippen MR) is 207 cm³/mol. The third-order valence-corrected chi connectivity index (χ3v) is 9.98. The maximum absolute atomic E-state index is 6.32. The zero-order valence-corrected chi connectivity index (χ0v) is 27.2. The van der Waals surface area contributed by atoms with Gasteiger partial charge in [-0.25, -0.2) is 4.98 Å². The number of benzene rings is 7. The van der Waals surface area contributed by atoms with Crippen LogP contribution in [0.3, 0.4) is 0 Å². The van der Waals surface area contributed by atoms with Crippen molar-refractivity contribution in [3.8, 4) is 34.4 Å². The zero-order chi connectivity index (χ0) is 33.5. The number of rotatable bonds is 4. The summed E-state index contributed by atoms with van der Waals surface area (Å²) in [5.41, 5.74) is 8.93. The van der Waals surface area contributed by atoms with Crippen molar-refractivity contribution >= 4 is 65.6 Å². The van der Waals surface area contributed by atoms with Gasteiger partial charge in [0.1, 0.15) is 11.2 Å². The van der Waals surface area contributed by atoms with Crippen molar-refractivity contribution in [3.63, 3.8) is 0 Å². The first-order valence-corrected chi connectivity index (χ1v) is 17.0. The van der Waals surface area contributed by atoms with Crippen molar-refractivity contribution in [2.24, 2.45) is 0 Å². The molecule has 0 aliphatic rings. The van der Waals surface area contributed by atoms with Crippen molar-refractivity contribution in [2.45, 2.75) is 0 Å². The Morgan fingerprint density at radius 1 is 0.373 bits per heavy atom. The molecular weight excluding hydrogens is 627 g/mol. The second-order valence-corrected chi connectivity index (χ2v) is 12.9. The fourth-order valence-corrected chi connectivity index (χ4v) is 7.76. The van der Waals surface area contributed by atoms with E-state index in [0.29, 0.717) is 17.6 Å². The maximum atomic E-state index is 6.32. The van der Waals surface area contributed by atoms with E-state index in [4.69, 9.17) is 19.4 Å².